The fourth-order valence-electron chi connectivity index (χ4n) is 3.98. The Kier molecular flexibility index (Phi) is 3.51. The van der Waals surface area contributed by atoms with Crippen LogP contribution in [0.3, 0.4) is 0 Å². The highest BCUT2D eigenvalue weighted by Crippen LogP contribution is 2.47. The summed E-state index contributed by atoms with van der Waals surface area (Å²) < 4.78 is 0. The van der Waals surface area contributed by atoms with Gasteiger partial charge in [0.15, 0.2) is 0 Å². The summed E-state index contributed by atoms with van der Waals surface area (Å²) in [4.78, 5) is 12.0. The zero-order valence-corrected chi connectivity index (χ0v) is 12.6. The molecule has 0 heterocycles. The van der Waals surface area contributed by atoms with Crippen LogP contribution in [0, 0.1) is 12.8 Å². The van der Waals surface area contributed by atoms with Gasteiger partial charge in [-0.15, -0.1) is 0 Å². The van der Waals surface area contributed by atoms with Crippen molar-refractivity contribution in [2.24, 2.45) is 11.7 Å². The Morgan fingerprint density at radius 3 is 2.45 bits per heavy atom. The molecule has 0 spiro atoms. The Hall–Kier alpha value is -1.61. The van der Waals surface area contributed by atoms with E-state index < -0.39 is 11.0 Å². The lowest BCUT2D eigenvalue weighted by molar-refractivity contribution is -0.123. The van der Waals surface area contributed by atoms with Crippen molar-refractivity contribution in [2.75, 3.05) is 0 Å². The van der Waals surface area contributed by atoms with Gasteiger partial charge in [-0.3, -0.25) is 4.79 Å². The van der Waals surface area contributed by atoms with Gasteiger partial charge in [0.1, 0.15) is 0 Å². The summed E-state index contributed by atoms with van der Waals surface area (Å²) in [5.41, 5.74) is 7.28. The topological polar surface area (TPSA) is 63.3 Å². The van der Waals surface area contributed by atoms with E-state index in [1.165, 1.54) is 0 Å². The maximum Gasteiger partial charge on any atom is 0.225 e. The molecule has 0 radical (unpaired) electrons. The molecule has 0 bridgehead atoms. The predicted molar refractivity (Wildman–Crippen MR) is 80.2 cm³/mol. The minimum absolute atomic E-state index is 0.333. The van der Waals surface area contributed by atoms with Crippen molar-refractivity contribution < 1.29 is 9.90 Å². The normalized spacial score (nSPS) is 33.6. The van der Waals surface area contributed by atoms with E-state index in [2.05, 4.69) is 0 Å². The number of benzene rings is 1. The van der Waals surface area contributed by atoms with Crippen LogP contribution < -0.4 is 5.73 Å². The van der Waals surface area contributed by atoms with Gasteiger partial charge < -0.3 is 10.8 Å². The molecule has 3 atom stereocenters. The second-order valence-electron chi connectivity index (χ2n) is 6.49. The largest absolute Gasteiger partial charge is 0.386 e. The van der Waals surface area contributed by atoms with Crippen LogP contribution in [0.1, 0.15) is 38.3 Å². The number of amides is 1. The molecule has 3 heteroatoms. The maximum absolute atomic E-state index is 12.0. The third kappa shape index (κ3) is 2.38. The first kappa shape index (κ1) is 14.8. The Balaban J connectivity index is 2.65. The minimum atomic E-state index is -0.924. The smallest absolute Gasteiger partial charge is 0.225 e. The Morgan fingerprint density at radius 1 is 1.30 bits per heavy atom. The molecule has 0 fully saturated rings. The number of aryl methyl sites for hydroxylation is 1. The molecule has 20 heavy (non-hydrogen) atoms. The van der Waals surface area contributed by atoms with Crippen LogP contribution in [0.5, 0.6) is 0 Å². The van der Waals surface area contributed by atoms with Gasteiger partial charge in [-0.05, 0) is 38.3 Å². The molecule has 1 aliphatic carbocycles. The number of hydrogen-bond donors (Lipinski definition) is 2. The van der Waals surface area contributed by atoms with Gasteiger partial charge in [-0.2, -0.15) is 0 Å². The third-order valence-electron chi connectivity index (χ3n) is 4.40. The SMILES string of the molecule is CC1=CC(C)(O)CC(C)(c2ccccc2C)C1C(N)=O. The highest BCUT2D eigenvalue weighted by atomic mass is 16.3. The van der Waals surface area contributed by atoms with Crippen LogP contribution in [-0.4, -0.2) is 16.6 Å². The summed E-state index contributed by atoms with van der Waals surface area (Å²) in [6.07, 6.45) is 2.25. The molecule has 1 amide bonds. The van der Waals surface area contributed by atoms with E-state index >= 15 is 0 Å². The lowest BCUT2D eigenvalue weighted by atomic mass is 9.59. The van der Waals surface area contributed by atoms with Crippen LogP contribution in [0.25, 0.3) is 0 Å². The van der Waals surface area contributed by atoms with Gasteiger partial charge in [0, 0.05) is 5.41 Å². The highest BCUT2D eigenvalue weighted by molar-refractivity contribution is 5.82. The predicted octanol–water partition coefficient (Wildman–Crippen LogP) is 2.46. The molecule has 0 aromatic heterocycles. The molecule has 2 rings (SSSR count). The summed E-state index contributed by atoms with van der Waals surface area (Å²) in [5, 5.41) is 10.5. The second kappa shape index (κ2) is 4.74. The van der Waals surface area contributed by atoms with Crippen LogP contribution in [-0.2, 0) is 10.2 Å². The molecule has 1 aromatic carbocycles. The fourth-order valence-corrected chi connectivity index (χ4v) is 3.98. The fraction of sp³-hybridized carbons (Fsp3) is 0.471. The molecule has 1 aliphatic rings. The Bertz CT molecular complexity index is 574. The third-order valence-corrected chi connectivity index (χ3v) is 4.40. The summed E-state index contributed by atoms with van der Waals surface area (Å²) in [7, 11) is 0. The van der Waals surface area contributed by atoms with E-state index in [-0.39, 0.29) is 11.8 Å². The first-order chi connectivity index (χ1) is 9.17. The van der Waals surface area contributed by atoms with Gasteiger partial charge in [-0.1, -0.05) is 42.8 Å². The van der Waals surface area contributed by atoms with Crippen molar-refractivity contribution in [1.29, 1.82) is 0 Å². The summed E-state index contributed by atoms with van der Waals surface area (Å²) >= 11 is 0. The molecule has 3 nitrogen and oxygen atoms in total. The van der Waals surface area contributed by atoms with Crippen LogP contribution in [0.2, 0.25) is 0 Å². The van der Waals surface area contributed by atoms with Crippen molar-refractivity contribution in [1.82, 2.24) is 0 Å². The van der Waals surface area contributed by atoms with Crippen LogP contribution >= 0.6 is 0 Å². The van der Waals surface area contributed by atoms with Gasteiger partial charge in [0.05, 0.1) is 11.5 Å². The number of nitrogens with two attached hydrogens (primary N) is 1. The monoisotopic (exact) mass is 273 g/mol. The zero-order valence-electron chi connectivity index (χ0n) is 12.6. The second-order valence-corrected chi connectivity index (χ2v) is 6.49. The molecule has 3 N–H and O–H groups in total. The average Bonchev–Trinajstić information content (AvgIpc) is 2.25. The van der Waals surface area contributed by atoms with E-state index in [9.17, 15) is 9.90 Å². The Morgan fingerprint density at radius 2 is 1.90 bits per heavy atom. The average molecular weight is 273 g/mol. The highest BCUT2D eigenvalue weighted by Gasteiger charge is 2.48. The number of hydrogen-bond acceptors (Lipinski definition) is 2. The summed E-state index contributed by atoms with van der Waals surface area (Å²) in [6.45, 7) is 7.71. The van der Waals surface area contributed by atoms with E-state index in [1.54, 1.807) is 13.0 Å². The first-order valence-corrected chi connectivity index (χ1v) is 6.94. The number of rotatable bonds is 2. The maximum atomic E-state index is 12.0. The number of carbonyl (C=O) groups excluding carboxylic acids is 1. The van der Waals surface area contributed by atoms with Gasteiger partial charge in [0.25, 0.3) is 0 Å². The zero-order chi connectivity index (χ0) is 15.1. The lowest BCUT2D eigenvalue weighted by Gasteiger charge is -2.46. The molecule has 1 aromatic rings. The summed E-state index contributed by atoms with van der Waals surface area (Å²) in [6, 6.07) is 8.00. The van der Waals surface area contributed by atoms with E-state index in [0.717, 1.165) is 16.7 Å². The van der Waals surface area contributed by atoms with Crippen molar-refractivity contribution in [3.8, 4) is 0 Å². The quantitative estimate of drug-likeness (QED) is 0.813. The van der Waals surface area contributed by atoms with Gasteiger partial charge in [-0.25, -0.2) is 0 Å². The molecule has 0 aliphatic heterocycles. The van der Waals surface area contributed by atoms with E-state index in [1.807, 2.05) is 45.0 Å². The standard InChI is InChI=1S/C17H23NO2/c1-11-7-5-6-8-13(11)17(4)10-16(3,20)9-12(2)14(17)15(18)19/h5-9,14,20H,10H2,1-4H3,(H2,18,19). The first-order valence-electron chi connectivity index (χ1n) is 6.94. The number of primary amides is 1. The minimum Gasteiger partial charge on any atom is -0.386 e. The molecule has 108 valence electrons. The number of aliphatic hydroxyl groups is 1. The molecule has 3 unspecified atom stereocenters. The molecular weight excluding hydrogens is 250 g/mol. The Labute approximate surface area is 120 Å². The van der Waals surface area contributed by atoms with Crippen LogP contribution in [0.4, 0.5) is 0 Å². The number of carbonyl (C=O) groups is 1. The van der Waals surface area contributed by atoms with Crippen molar-refractivity contribution in [3.63, 3.8) is 0 Å². The summed E-state index contributed by atoms with van der Waals surface area (Å²) in [5.74, 6) is -0.719. The molecular formula is C17H23NO2. The van der Waals surface area contributed by atoms with E-state index in [4.69, 9.17) is 5.73 Å². The van der Waals surface area contributed by atoms with Gasteiger partial charge in [0.2, 0.25) is 5.91 Å². The van der Waals surface area contributed by atoms with Gasteiger partial charge >= 0.3 is 0 Å². The molecule has 0 saturated carbocycles. The van der Waals surface area contributed by atoms with Crippen molar-refractivity contribution in [3.05, 3.63) is 47.0 Å². The van der Waals surface area contributed by atoms with Crippen molar-refractivity contribution in [2.45, 2.75) is 45.1 Å². The van der Waals surface area contributed by atoms with Crippen LogP contribution in [0.15, 0.2) is 35.9 Å². The van der Waals surface area contributed by atoms with E-state index in [0.29, 0.717) is 6.42 Å². The molecule has 0 saturated heterocycles. The lowest BCUT2D eigenvalue weighted by Crippen LogP contribution is -2.49. The van der Waals surface area contributed by atoms with Crippen molar-refractivity contribution >= 4 is 5.91 Å².